The van der Waals surface area contributed by atoms with Crippen molar-refractivity contribution < 1.29 is 14.3 Å². The molecule has 0 radical (unpaired) electrons. The second-order valence-corrected chi connectivity index (χ2v) is 7.46. The smallest absolute Gasteiger partial charge is 0.267 e. The molecule has 148 valence electrons. The van der Waals surface area contributed by atoms with E-state index in [1.165, 1.54) is 18.3 Å². The Bertz CT molecular complexity index is 1350. The second kappa shape index (κ2) is 6.83. The molecule has 0 saturated carbocycles. The van der Waals surface area contributed by atoms with Crippen molar-refractivity contribution in [1.82, 2.24) is 15.2 Å². The lowest BCUT2D eigenvalue weighted by Crippen LogP contribution is -2.29. The number of aromatic amines is 1. The average molecular weight is 439 g/mol. The molecule has 3 heterocycles. The Morgan fingerprint density at radius 3 is 2.50 bits per heavy atom. The summed E-state index contributed by atoms with van der Waals surface area (Å²) in [4.78, 5) is 31.7. The fraction of sp³-hybridized carbons (Fsp3) is 0.0476. The predicted molar refractivity (Wildman–Crippen MR) is 113 cm³/mol. The quantitative estimate of drug-likeness (QED) is 0.466. The molecule has 0 aliphatic carbocycles. The number of carbonyl (C=O) groups is 2. The number of aromatic nitrogens is 3. The third-order valence-electron chi connectivity index (χ3n) is 4.96. The molecule has 2 aromatic heterocycles. The zero-order valence-electron chi connectivity index (χ0n) is 15.4. The summed E-state index contributed by atoms with van der Waals surface area (Å²) in [5.74, 6) is -0.306. The molecule has 0 spiro atoms. The highest BCUT2D eigenvalue weighted by Gasteiger charge is 2.40. The van der Waals surface area contributed by atoms with Crippen LogP contribution in [-0.2, 0) is 0 Å². The number of anilines is 1. The minimum Gasteiger partial charge on any atom is -0.497 e. The number of carbonyl (C=O) groups excluding carboxylic acids is 2. The van der Waals surface area contributed by atoms with Crippen LogP contribution < -0.4 is 9.64 Å². The molecule has 0 unspecified atom stereocenters. The lowest BCUT2D eigenvalue weighted by atomic mass is 10.0. The fourth-order valence-corrected chi connectivity index (χ4v) is 4.04. The number of ether oxygens (including phenoxy) is 1. The van der Waals surface area contributed by atoms with Crippen molar-refractivity contribution in [1.29, 1.82) is 0 Å². The van der Waals surface area contributed by atoms with Gasteiger partial charge in [-0.15, -0.1) is 0 Å². The van der Waals surface area contributed by atoms with Crippen LogP contribution in [0.2, 0.25) is 10.0 Å². The first-order valence-corrected chi connectivity index (χ1v) is 9.60. The van der Waals surface area contributed by atoms with Crippen LogP contribution in [0.5, 0.6) is 5.75 Å². The number of rotatable bonds is 3. The number of methoxy groups -OCH3 is 1. The van der Waals surface area contributed by atoms with Gasteiger partial charge in [0.1, 0.15) is 5.75 Å². The van der Waals surface area contributed by atoms with Gasteiger partial charge in [0.05, 0.1) is 40.0 Å². The van der Waals surface area contributed by atoms with Crippen molar-refractivity contribution in [2.45, 2.75) is 0 Å². The Balaban J connectivity index is 1.70. The van der Waals surface area contributed by atoms with E-state index >= 15 is 0 Å². The highest BCUT2D eigenvalue weighted by atomic mass is 35.5. The van der Waals surface area contributed by atoms with Crippen LogP contribution >= 0.6 is 23.2 Å². The first-order chi connectivity index (χ1) is 14.5. The molecule has 7 nitrogen and oxygen atoms in total. The number of pyridine rings is 1. The number of nitrogens with zero attached hydrogens (tertiary/aromatic N) is 3. The van der Waals surface area contributed by atoms with Gasteiger partial charge in [0.2, 0.25) is 0 Å². The largest absolute Gasteiger partial charge is 0.497 e. The van der Waals surface area contributed by atoms with E-state index in [9.17, 15) is 9.59 Å². The molecule has 9 heteroatoms. The van der Waals surface area contributed by atoms with Gasteiger partial charge < -0.3 is 4.74 Å². The van der Waals surface area contributed by atoms with Gasteiger partial charge in [0, 0.05) is 16.8 Å². The number of imide groups is 1. The maximum atomic E-state index is 13.4. The summed E-state index contributed by atoms with van der Waals surface area (Å²) in [7, 11) is 1.58. The molecule has 2 amide bonds. The van der Waals surface area contributed by atoms with Crippen molar-refractivity contribution >= 4 is 51.7 Å². The van der Waals surface area contributed by atoms with E-state index in [2.05, 4.69) is 15.2 Å². The monoisotopic (exact) mass is 438 g/mol. The Hall–Kier alpha value is -3.42. The number of amides is 2. The molecule has 2 aromatic carbocycles. The Morgan fingerprint density at radius 1 is 1.03 bits per heavy atom. The SMILES string of the molecule is COc1ccc(-c2[nH]nc3ncc4c(c23)C(=O)N(c2ccc(Cl)cc2Cl)C4=O)cc1. The fourth-order valence-electron chi connectivity index (χ4n) is 3.54. The van der Waals surface area contributed by atoms with E-state index in [1.807, 2.05) is 12.1 Å². The van der Waals surface area contributed by atoms with E-state index in [4.69, 9.17) is 27.9 Å². The van der Waals surface area contributed by atoms with Gasteiger partial charge in [-0.2, -0.15) is 5.10 Å². The van der Waals surface area contributed by atoms with Crippen LogP contribution in [0.4, 0.5) is 5.69 Å². The lowest BCUT2D eigenvalue weighted by molar-refractivity contribution is 0.0926. The number of benzene rings is 2. The zero-order valence-corrected chi connectivity index (χ0v) is 17.0. The Labute approximate surface area is 180 Å². The number of hydrogen-bond acceptors (Lipinski definition) is 5. The van der Waals surface area contributed by atoms with Gasteiger partial charge in [0.15, 0.2) is 5.65 Å². The lowest BCUT2D eigenvalue weighted by Gasteiger charge is -2.15. The number of hydrogen-bond donors (Lipinski definition) is 1. The first kappa shape index (κ1) is 18.6. The van der Waals surface area contributed by atoms with Gasteiger partial charge in [-0.25, -0.2) is 9.88 Å². The minimum absolute atomic E-state index is 0.190. The van der Waals surface area contributed by atoms with Gasteiger partial charge >= 0.3 is 0 Å². The zero-order chi connectivity index (χ0) is 21.0. The van der Waals surface area contributed by atoms with Crippen molar-refractivity contribution in [2.75, 3.05) is 12.0 Å². The summed E-state index contributed by atoms with van der Waals surface area (Å²) >= 11 is 12.2. The van der Waals surface area contributed by atoms with Crippen LogP contribution in [0.1, 0.15) is 20.7 Å². The maximum Gasteiger partial charge on any atom is 0.267 e. The normalized spacial score (nSPS) is 13.2. The Morgan fingerprint density at radius 2 is 1.80 bits per heavy atom. The van der Waals surface area contributed by atoms with Gasteiger partial charge in [-0.1, -0.05) is 23.2 Å². The van der Waals surface area contributed by atoms with E-state index in [1.54, 1.807) is 25.3 Å². The van der Waals surface area contributed by atoms with Crippen LogP contribution in [0.25, 0.3) is 22.3 Å². The van der Waals surface area contributed by atoms with E-state index in [-0.39, 0.29) is 21.8 Å². The summed E-state index contributed by atoms with van der Waals surface area (Å²) in [5, 5.41) is 8.21. The minimum atomic E-state index is -0.504. The van der Waals surface area contributed by atoms with E-state index in [0.29, 0.717) is 27.5 Å². The number of H-pyrrole nitrogens is 1. The molecule has 1 aliphatic heterocycles. The van der Waals surface area contributed by atoms with Crippen molar-refractivity contribution in [3.8, 4) is 17.0 Å². The molecule has 0 saturated heterocycles. The van der Waals surface area contributed by atoms with E-state index in [0.717, 1.165) is 10.5 Å². The second-order valence-electron chi connectivity index (χ2n) is 6.61. The molecule has 1 N–H and O–H groups in total. The number of halogens is 2. The topological polar surface area (TPSA) is 88.2 Å². The van der Waals surface area contributed by atoms with Gasteiger partial charge in [-0.3, -0.25) is 14.7 Å². The third-order valence-corrected chi connectivity index (χ3v) is 5.50. The van der Waals surface area contributed by atoms with Crippen molar-refractivity contribution in [3.05, 3.63) is 69.8 Å². The summed E-state index contributed by atoms with van der Waals surface area (Å²) in [6.45, 7) is 0. The highest BCUT2D eigenvalue weighted by molar-refractivity contribution is 6.42. The average Bonchev–Trinajstić information content (AvgIpc) is 3.28. The molecule has 4 aromatic rings. The molecule has 0 fully saturated rings. The van der Waals surface area contributed by atoms with Gasteiger partial charge in [0.25, 0.3) is 11.8 Å². The van der Waals surface area contributed by atoms with Gasteiger partial charge in [-0.05, 0) is 42.5 Å². The summed E-state index contributed by atoms with van der Waals surface area (Å²) in [5.41, 5.74) is 2.38. The summed E-state index contributed by atoms with van der Waals surface area (Å²) in [6, 6.07) is 11.9. The molecular formula is C21H12Cl2N4O3. The van der Waals surface area contributed by atoms with Crippen molar-refractivity contribution in [2.24, 2.45) is 0 Å². The van der Waals surface area contributed by atoms with Crippen LogP contribution in [0, 0.1) is 0 Å². The Kier molecular flexibility index (Phi) is 4.23. The predicted octanol–water partition coefficient (Wildman–Crippen LogP) is 4.74. The third kappa shape index (κ3) is 2.67. The number of nitrogens with one attached hydrogen (secondary N) is 1. The van der Waals surface area contributed by atoms with Crippen molar-refractivity contribution in [3.63, 3.8) is 0 Å². The highest BCUT2D eigenvalue weighted by Crippen LogP contribution is 2.39. The molecule has 1 aliphatic rings. The van der Waals surface area contributed by atoms with Crippen LogP contribution in [0.3, 0.4) is 0 Å². The molecule has 0 atom stereocenters. The summed E-state index contributed by atoms with van der Waals surface area (Å²) < 4.78 is 5.20. The molecule has 5 rings (SSSR count). The first-order valence-electron chi connectivity index (χ1n) is 8.85. The van der Waals surface area contributed by atoms with Crippen LogP contribution in [0.15, 0.2) is 48.7 Å². The summed E-state index contributed by atoms with van der Waals surface area (Å²) in [6.07, 6.45) is 1.36. The maximum absolute atomic E-state index is 13.4. The standard InChI is InChI=1S/C21H12Cl2N4O3/c1-30-12-5-2-10(3-6-12)18-17-16-13(9-24-19(17)26-25-18)20(28)27(21(16)29)15-7-4-11(22)8-14(15)23/h2-9H,1H3,(H,24,25,26). The number of fused-ring (bicyclic) bond motifs is 3. The van der Waals surface area contributed by atoms with Crippen LogP contribution in [-0.4, -0.2) is 34.1 Å². The molecular weight excluding hydrogens is 427 g/mol. The molecule has 0 bridgehead atoms. The van der Waals surface area contributed by atoms with E-state index < -0.39 is 11.8 Å². The molecule has 30 heavy (non-hydrogen) atoms.